The number of anilines is 1. The van der Waals surface area contributed by atoms with E-state index in [9.17, 15) is 9.59 Å². The van der Waals surface area contributed by atoms with Gasteiger partial charge in [0.25, 0.3) is 5.91 Å². The van der Waals surface area contributed by atoms with Crippen molar-refractivity contribution in [1.82, 2.24) is 0 Å². The maximum atomic E-state index is 12.4. The first-order chi connectivity index (χ1) is 13.6. The van der Waals surface area contributed by atoms with E-state index in [0.29, 0.717) is 17.2 Å². The molecule has 28 heavy (non-hydrogen) atoms. The average Bonchev–Trinajstić information content (AvgIpc) is 2.73. The first-order valence-corrected chi connectivity index (χ1v) is 8.82. The third-order valence-corrected chi connectivity index (χ3v) is 4.14. The van der Waals surface area contributed by atoms with Crippen LogP contribution in [-0.4, -0.2) is 31.7 Å². The molecule has 0 bridgehead atoms. The number of rotatable bonds is 7. The molecule has 0 saturated heterocycles. The number of benzene rings is 3. The van der Waals surface area contributed by atoms with Crippen molar-refractivity contribution >= 4 is 28.3 Å². The summed E-state index contributed by atoms with van der Waals surface area (Å²) in [7, 11) is 1.57. The predicted octanol–water partition coefficient (Wildman–Crippen LogP) is 3.80. The van der Waals surface area contributed by atoms with Gasteiger partial charge >= 0.3 is 5.97 Å². The van der Waals surface area contributed by atoms with Gasteiger partial charge in [-0.1, -0.05) is 36.4 Å². The number of nitrogens with one attached hydrogen (secondary N) is 1. The summed E-state index contributed by atoms with van der Waals surface area (Å²) in [6.07, 6.45) is -0.953. The summed E-state index contributed by atoms with van der Waals surface area (Å²) in [5.41, 5.74) is 0.667. The lowest BCUT2D eigenvalue weighted by Crippen LogP contribution is -2.31. The average molecular weight is 379 g/mol. The molecule has 0 aromatic heterocycles. The van der Waals surface area contributed by atoms with Crippen LogP contribution in [-0.2, 0) is 14.3 Å². The van der Waals surface area contributed by atoms with E-state index in [4.69, 9.17) is 14.2 Å². The maximum absolute atomic E-state index is 12.4. The molecule has 0 aliphatic heterocycles. The number of carbonyl (C=O) groups is 2. The Balaban J connectivity index is 1.53. The molecule has 6 nitrogen and oxygen atoms in total. The molecular formula is C22H21NO5. The normalized spacial score (nSPS) is 11.5. The van der Waals surface area contributed by atoms with Crippen LogP contribution in [0.15, 0.2) is 66.7 Å². The maximum Gasteiger partial charge on any atom is 0.344 e. The molecule has 1 amide bonds. The van der Waals surface area contributed by atoms with Crippen LogP contribution in [0.5, 0.6) is 11.5 Å². The van der Waals surface area contributed by atoms with Gasteiger partial charge in [-0.2, -0.15) is 0 Å². The molecule has 3 aromatic carbocycles. The monoisotopic (exact) mass is 379 g/mol. The molecule has 0 aliphatic rings. The highest BCUT2D eigenvalue weighted by atomic mass is 16.6. The molecule has 144 valence electrons. The van der Waals surface area contributed by atoms with Crippen LogP contribution in [0.3, 0.4) is 0 Å². The Kier molecular flexibility index (Phi) is 6.11. The molecule has 0 saturated carbocycles. The second-order valence-electron chi connectivity index (χ2n) is 6.11. The van der Waals surface area contributed by atoms with Gasteiger partial charge in [-0.3, -0.25) is 4.79 Å². The Morgan fingerprint density at radius 2 is 1.61 bits per heavy atom. The van der Waals surface area contributed by atoms with Gasteiger partial charge in [0.2, 0.25) is 0 Å². The number of amides is 1. The van der Waals surface area contributed by atoms with Crippen LogP contribution in [0.4, 0.5) is 5.69 Å². The number of ether oxygens (including phenoxy) is 3. The van der Waals surface area contributed by atoms with Gasteiger partial charge in [-0.05, 0) is 42.6 Å². The molecule has 6 heteroatoms. The van der Waals surface area contributed by atoms with E-state index in [1.807, 2.05) is 42.5 Å². The van der Waals surface area contributed by atoms with Crippen molar-refractivity contribution in [1.29, 1.82) is 0 Å². The molecule has 0 aliphatic carbocycles. The predicted molar refractivity (Wildman–Crippen MR) is 107 cm³/mol. The van der Waals surface area contributed by atoms with Crippen molar-refractivity contribution in [2.45, 2.75) is 13.0 Å². The Morgan fingerprint density at radius 1 is 0.929 bits per heavy atom. The van der Waals surface area contributed by atoms with Crippen molar-refractivity contribution in [2.75, 3.05) is 19.0 Å². The van der Waals surface area contributed by atoms with Gasteiger partial charge in [-0.15, -0.1) is 0 Å². The molecule has 1 N–H and O–H groups in total. The fourth-order valence-electron chi connectivity index (χ4n) is 2.67. The van der Waals surface area contributed by atoms with Crippen molar-refractivity contribution in [3.8, 4) is 11.5 Å². The van der Waals surface area contributed by atoms with Crippen molar-refractivity contribution in [2.24, 2.45) is 0 Å². The van der Waals surface area contributed by atoms with E-state index < -0.39 is 18.0 Å². The Bertz CT molecular complexity index is 963. The molecule has 1 atom stereocenters. The zero-order chi connectivity index (χ0) is 19.9. The van der Waals surface area contributed by atoms with Crippen molar-refractivity contribution in [3.63, 3.8) is 0 Å². The lowest BCUT2D eigenvalue weighted by Gasteiger charge is -2.15. The Labute approximate surface area is 163 Å². The fourth-order valence-corrected chi connectivity index (χ4v) is 2.67. The van der Waals surface area contributed by atoms with Crippen LogP contribution >= 0.6 is 0 Å². The molecule has 0 fully saturated rings. The van der Waals surface area contributed by atoms with Gasteiger partial charge in [0.1, 0.15) is 11.5 Å². The first kappa shape index (κ1) is 19.2. The second kappa shape index (κ2) is 8.90. The van der Waals surface area contributed by atoms with Gasteiger partial charge in [-0.25, -0.2) is 4.79 Å². The van der Waals surface area contributed by atoms with Crippen LogP contribution in [0.2, 0.25) is 0 Å². The molecule has 3 aromatic rings. The molecule has 0 heterocycles. The topological polar surface area (TPSA) is 73.9 Å². The van der Waals surface area contributed by atoms with Crippen LogP contribution in [0.25, 0.3) is 10.8 Å². The molecule has 0 unspecified atom stereocenters. The highest BCUT2D eigenvalue weighted by Crippen LogP contribution is 2.23. The lowest BCUT2D eigenvalue weighted by molar-refractivity contribution is -0.155. The molecule has 0 radical (unpaired) electrons. The summed E-state index contributed by atoms with van der Waals surface area (Å²) < 4.78 is 15.6. The van der Waals surface area contributed by atoms with Gasteiger partial charge in [0, 0.05) is 11.1 Å². The van der Waals surface area contributed by atoms with E-state index in [1.165, 1.54) is 6.92 Å². The van der Waals surface area contributed by atoms with E-state index in [0.717, 1.165) is 10.8 Å². The second-order valence-corrected chi connectivity index (χ2v) is 6.11. The summed E-state index contributed by atoms with van der Waals surface area (Å²) in [4.78, 5) is 24.4. The number of carbonyl (C=O) groups excluding carboxylic acids is 2. The van der Waals surface area contributed by atoms with Crippen molar-refractivity contribution < 1.29 is 23.8 Å². The summed E-state index contributed by atoms with van der Waals surface area (Å²) >= 11 is 0. The summed E-state index contributed by atoms with van der Waals surface area (Å²) in [5.74, 6) is 0.157. The standard InChI is InChI=1S/C22H21NO5/c1-15(28-21(24)14-27-18-12-10-17(26-2)11-13-18)22(25)23-20-9-5-7-16-6-3-4-8-19(16)20/h3-13,15H,14H2,1-2H3,(H,23,25)/t15-/m1/s1. The third-order valence-electron chi connectivity index (χ3n) is 4.14. The Hall–Kier alpha value is -3.54. The summed E-state index contributed by atoms with van der Waals surface area (Å²) in [5, 5.41) is 4.73. The Morgan fingerprint density at radius 3 is 2.36 bits per heavy atom. The van der Waals surface area contributed by atoms with E-state index in [2.05, 4.69) is 5.32 Å². The molecular weight excluding hydrogens is 358 g/mol. The highest BCUT2D eigenvalue weighted by molar-refractivity contribution is 6.03. The van der Waals surface area contributed by atoms with E-state index >= 15 is 0 Å². The van der Waals surface area contributed by atoms with Crippen molar-refractivity contribution in [3.05, 3.63) is 66.7 Å². The minimum atomic E-state index is -0.953. The number of hydrogen-bond acceptors (Lipinski definition) is 5. The minimum absolute atomic E-state index is 0.293. The third kappa shape index (κ3) is 4.79. The van der Waals surface area contributed by atoms with E-state index in [-0.39, 0.29) is 6.61 Å². The number of hydrogen-bond donors (Lipinski definition) is 1. The van der Waals surface area contributed by atoms with Crippen LogP contribution in [0, 0.1) is 0 Å². The molecule has 3 rings (SSSR count). The van der Waals surface area contributed by atoms with Gasteiger partial charge < -0.3 is 19.5 Å². The number of fused-ring (bicyclic) bond motifs is 1. The first-order valence-electron chi connectivity index (χ1n) is 8.82. The quantitative estimate of drug-likeness (QED) is 0.632. The fraction of sp³-hybridized carbons (Fsp3) is 0.182. The SMILES string of the molecule is COc1ccc(OCC(=O)O[C@H](C)C(=O)Nc2cccc3ccccc23)cc1. The minimum Gasteiger partial charge on any atom is -0.497 e. The summed E-state index contributed by atoms with van der Waals surface area (Å²) in [6.45, 7) is 1.23. The number of methoxy groups -OCH3 is 1. The lowest BCUT2D eigenvalue weighted by atomic mass is 10.1. The van der Waals surface area contributed by atoms with Crippen LogP contribution < -0.4 is 14.8 Å². The van der Waals surface area contributed by atoms with Gasteiger partial charge in [0.05, 0.1) is 7.11 Å². The number of esters is 1. The van der Waals surface area contributed by atoms with Crippen LogP contribution in [0.1, 0.15) is 6.92 Å². The van der Waals surface area contributed by atoms with E-state index in [1.54, 1.807) is 31.4 Å². The summed E-state index contributed by atoms with van der Waals surface area (Å²) in [6, 6.07) is 20.2. The smallest absolute Gasteiger partial charge is 0.344 e. The largest absolute Gasteiger partial charge is 0.497 e. The van der Waals surface area contributed by atoms with Gasteiger partial charge in [0.15, 0.2) is 12.7 Å². The highest BCUT2D eigenvalue weighted by Gasteiger charge is 2.19. The molecule has 0 spiro atoms. The zero-order valence-electron chi connectivity index (χ0n) is 15.7. The zero-order valence-corrected chi connectivity index (χ0v) is 15.7.